The lowest BCUT2D eigenvalue weighted by Gasteiger charge is -2.10. The SMILES string of the molecule is CCS(=O)(=O)c1ccc2oc(-c3ccccc3NC(=O)c3ccccc3C)nc2c1. The quantitative estimate of drug-likeness (QED) is 0.499. The van der Waals surface area contributed by atoms with Crippen molar-refractivity contribution >= 4 is 32.5 Å². The zero-order valence-electron chi connectivity index (χ0n) is 16.5. The number of anilines is 1. The molecule has 0 aliphatic rings. The fraction of sp³-hybridized carbons (Fsp3) is 0.130. The number of benzene rings is 3. The van der Waals surface area contributed by atoms with Crippen molar-refractivity contribution in [3.8, 4) is 11.5 Å². The predicted molar refractivity (Wildman–Crippen MR) is 116 cm³/mol. The normalized spacial score (nSPS) is 11.5. The number of rotatable bonds is 5. The molecule has 4 aromatic rings. The third-order valence-corrected chi connectivity index (χ3v) is 6.63. The van der Waals surface area contributed by atoms with Crippen LogP contribution in [0.15, 0.2) is 76.0 Å². The molecule has 0 spiro atoms. The van der Waals surface area contributed by atoms with Crippen LogP contribution in [0.2, 0.25) is 0 Å². The van der Waals surface area contributed by atoms with Crippen LogP contribution in [0.25, 0.3) is 22.6 Å². The number of hydrogen-bond acceptors (Lipinski definition) is 5. The summed E-state index contributed by atoms with van der Waals surface area (Å²) in [5.41, 5.74) is 3.53. The van der Waals surface area contributed by atoms with Crippen LogP contribution in [0.4, 0.5) is 5.69 Å². The highest BCUT2D eigenvalue weighted by molar-refractivity contribution is 7.91. The summed E-state index contributed by atoms with van der Waals surface area (Å²) in [5, 5.41) is 2.92. The number of carbonyl (C=O) groups is 1. The number of sulfone groups is 1. The number of aryl methyl sites for hydroxylation is 1. The third-order valence-electron chi connectivity index (χ3n) is 4.89. The number of hydrogen-bond donors (Lipinski definition) is 1. The van der Waals surface area contributed by atoms with Gasteiger partial charge < -0.3 is 9.73 Å². The van der Waals surface area contributed by atoms with E-state index in [4.69, 9.17) is 4.42 Å². The molecule has 30 heavy (non-hydrogen) atoms. The van der Waals surface area contributed by atoms with Gasteiger partial charge in [0, 0.05) is 5.56 Å². The van der Waals surface area contributed by atoms with E-state index >= 15 is 0 Å². The summed E-state index contributed by atoms with van der Waals surface area (Å²) < 4.78 is 30.2. The molecule has 1 heterocycles. The fourth-order valence-electron chi connectivity index (χ4n) is 3.18. The smallest absolute Gasteiger partial charge is 0.255 e. The molecular formula is C23H20N2O4S. The lowest BCUT2D eigenvalue weighted by molar-refractivity contribution is 0.102. The van der Waals surface area contributed by atoms with E-state index in [-0.39, 0.29) is 16.6 Å². The van der Waals surface area contributed by atoms with Gasteiger partial charge in [-0.2, -0.15) is 0 Å². The average Bonchev–Trinajstić information content (AvgIpc) is 3.17. The molecule has 0 saturated heterocycles. The van der Waals surface area contributed by atoms with Crippen molar-refractivity contribution in [2.45, 2.75) is 18.7 Å². The molecule has 1 N–H and O–H groups in total. The molecule has 0 unspecified atom stereocenters. The summed E-state index contributed by atoms with van der Waals surface area (Å²) in [7, 11) is -3.34. The molecule has 0 fully saturated rings. The first kappa shape index (κ1) is 19.8. The Morgan fingerprint density at radius 2 is 1.77 bits per heavy atom. The number of carbonyl (C=O) groups excluding carboxylic acids is 1. The molecule has 0 atom stereocenters. The van der Waals surface area contributed by atoms with Crippen LogP contribution in [0.5, 0.6) is 0 Å². The number of oxazole rings is 1. The van der Waals surface area contributed by atoms with E-state index in [0.29, 0.717) is 33.8 Å². The van der Waals surface area contributed by atoms with Crippen LogP contribution >= 0.6 is 0 Å². The van der Waals surface area contributed by atoms with Gasteiger partial charge in [-0.05, 0) is 48.9 Å². The molecular weight excluding hydrogens is 400 g/mol. The van der Waals surface area contributed by atoms with Gasteiger partial charge >= 0.3 is 0 Å². The van der Waals surface area contributed by atoms with Crippen molar-refractivity contribution in [3.05, 3.63) is 77.9 Å². The first-order valence-electron chi connectivity index (χ1n) is 9.49. The van der Waals surface area contributed by atoms with E-state index in [1.165, 1.54) is 12.1 Å². The lowest BCUT2D eigenvalue weighted by atomic mass is 10.1. The maximum atomic E-state index is 12.7. The van der Waals surface area contributed by atoms with E-state index < -0.39 is 9.84 Å². The van der Waals surface area contributed by atoms with Gasteiger partial charge in [0.2, 0.25) is 5.89 Å². The van der Waals surface area contributed by atoms with Crippen molar-refractivity contribution in [2.24, 2.45) is 0 Å². The third kappa shape index (κ3) is 3.71. The average molecular weight is 420 g/mol. The van der Waals surface area contributed by atoms with Crippen molar-refractivity contribution in [1.29, 1.82) is 0 Å². The number of nitrogens with one attached hydrogen (secondary N) is 1. The molecule has 152 valence electrons. The molecule has 0 aliphatic carbocycles. The van der Waals surface area contributed by atoms with Crippen LogP contribution < -0.4 is 5.32 Å². The molecule has 1 amide bonds. The maximum Gasteiger partial charge on any atom is 0.255 e. The van der Waals surface area contributed by atoms with E-state index in [1.54, 1.807) is 31.2 Å². The standard InChI is InChI=1S/C23H20N2O4S/c1-3-30(27,28)16-12-13-21-20(14-16)25-23(29-21)18-10-6-7-11-19(18)24-22(26)17-9-5-4-8-15(17)2/h4-14H,3H2,1-2H3,(H,24,26). The van der Waals surface area contributed by atoms with Gasteiger partial charge in [-0.1, -0.05) is 37.3 Å². The molecule has 1 aromatic heterocycles. The van der Waals surface area contributed by atoms with Crippen LogP contribution in [0.3, 0.4) is 0 Å². The summed E-state index contributed by atoms with van der Waals surface area (Å²) in [6.45, 7) is 3.48. The van der Waals surface area contributed by atoms with Gasteiger partial charge in [-0.25, -0.2) is 13.4 Å². The van der Waals surface area contributed by atoms with Gasteiger partial charge in [0.15, 0.2) is 15.4 Å². The Balaban J connectivity index is 1.72. The highest BCUT2D eigenvalue weighted by atomic mass is 32.2. The Morgan fingerprint density at radius 1 is 1.03 bits per heavy atom. The molecule has 0 radical (unpaired) electrons. The van der Waals surface area contributed by atoms with Crippen LogP contribution in [-0.4, -0.2) is 25.1 Å². The number of para-hydroxylation sites is 1. The molecule has 0 saturated carbocycles. The Labute approximate surface area is 174 Å². The highest BCUT2D eigenvalue weighted by Gasteiger charge is 2.18. The van der Waals surface area contributed by atoms with E-state index in [2.05, 4.69) is 10.3 Å². The summed E-state index contributed by atoms with van der Waals surface area (Å²) >= 11 is 0. The van der Waals surface area contributed by atoms with Crippen molar-refractivity contribution in [3.63, 3.8) is 0 Å². The van der Waals surface area contributed by atoms with E-state index in [9.17, 15) is 13.2 Å². The van der Waals surface area contributed by atoms with Gasteiger partial charge in [0.05, 0.1) is 21.9 Å². The fourth-order valence-corrected chi connectivity index (χ4v) is 4.08. The molecule has 0 bridgehead atoms. The minimum Gasteiger partial charge on any atom is -0.436 e. The number of fused-ring (bicyclic) bond motifs is 1. The van der Waals surface area contributed by atoms with Crippen LogP contribution in [-0.2, 0) is 9.84 Å². The Hall–Kier alpha value is -3.45. The molecule has 3 aromatic carbocycles. The summed E-state index contributed by atoms with van der Waals surface area (Å²) in [6, 6.07) is 19.2. The minimum atomic E-state index is -3.34. The first-order chi connectivity index (χ1) is 14.4. The minimum absolute atomic E-state index is 0.0109. The van der Waals surface area contributed by atoms with Crippen molar-refractivity contribution in [2.75, 3.05) is 11.1 Å². The first-order valence-corrected chi connectivity index (χ1v) is 11.1. The Bertz CT molecular complexity index is 1360. The maximum absolute atomic E-state index is 12.7. The van der Waals surface area contributed by atoms with Gasteiger partial charge in [0.1, 0.15) is 5.52 Å². The summed E-state index contributed by atoms with van der Waals surface area (Å²) in [5.74, 6) is 0.0847. The van der Waals surface area contributed by atoms with Crippen molar-refractivity contribution < 1.29 is 17.6 Å². The van der Waals surface area contributed by atoms with Crippen LogP contribution in [0, 0.1) is 6.92 Å². The predicted octanol–water partition coefficient (Wildman–Crippen LogP) is 4.85. The molecule has 0 aliphatic heterocycles. The molecule has 7 heteroatoms. The van der Waals surface area contributed by atoms with Gasteiger partial charge in [0.25, 0.3) is 5.91 Å². The topological polar surface area (TPSA) is 89.3 Å². The highest BCUT2D eigenvalue weighted by Crippen LogP contribution is 2.31. The zero-order valence-corrected chi connectivity index (χ0v) is 17.4. The monoisotopic (exact) mass is 420 g/mol. The second kappa shape index (κ2) is 7.76. The molecule has 4 rings (SSSR count). The number of amides is 1. The number of aromatic nitrogens is 1. The number of nitrogens with zero attached hydrogens (tertiary/aromatic N) is 1. The lowest BCUT2D eigenvalue weighted by Crippen LogP contribution is -2.13. The summed E-state index contributed by atoms with van der Waals surface area (Å²) in [6.07, 6.45) is 0. The van der Waals surface area contributed by atoms with E-state index in [0.717, 1.165) is 5.56 Å². The van der Waals surface area contributed by atoms with E-state index in [1.807, 2.05) is 37.3 Å². The van der Waals surface area contributed by atoms with Gasteiger partial charge in [-0.3, -0.25) is 4.79 Å². The molecule has 6 nitrogen and oxygen atoms in total. The second-order valence-corrected chi connectivity index (χ2v) is 9.14. The summed E-state index contributed by atoms with van der Waals surface area (Å²) in [4.78, 5) is 17.4. The largest absolute Gasteiger partial charge is 0.436 e. The Morgan fingerprint density at radius 3 is 2.53 bits per heavy atom. The van der Waals surface area contributed by atoms with Crippen LogP contribution in [0.1, 0.15) is 22.8 Å². The van der Waals surface area contributed by atoms with Crippen molar-refractivity contribution in [1.82, 2.24) is 4.98 Å². The second-order valence-electron chi connectivity index (χ2n) is 6.87. The van der Waals surface area contributed by atoms with Gasteiger partial charge in [-0.15, -0.1) is 0 Å². The Kier molecular flexibility index (Phi) is 5.13. The zero-order chi connectivity index (χ0) is 21.3.